The van der Waals surface area contributed by atoms with Crippen LogP contribution in [0.15, 0.2) is 33.7 Å². The van der Waals surface area contributed by atoms with Gasteiger partial charge in [0.05, 0.1) is 10.9 Å². The van der Waals surface area contributed by atoms with Crippen molar-refractivity contribution in [3.63, 3.8) is 0 Å². The highest BCUT2D eigenvalue weighted by atomic mass is 32.2. The zero-order chi connectivity index (χ0) is 18.6. The van der Waals surface area contributed by atoms with Gasteiger partial charge in [-0.2, -0.15) is 4.98 Å². The zero-order valence-corrected chi connectivity index (χ0v) is 15.7. The van der Waals surface area contributed by atoms with Gasteiger partial charge in [-0.05, 0) is 36.1 Å². The van der Waals surface area contributed by atoms with E-state index in [1.807, 2.05) is 0 Å². The van der Waals surface area contributed by atoms with Crippen molar-refractivity contribution in [1.29, 1.82) is 0 Å². The first-order chi connectivity index (χ1) is 11.7. The van der Waals surface area contributed by atoms with Crippen molar-refractivity contribution < 1.29 is 12.9 Å². The smallest absolute Gasteiger partial charge is 0.250 e. The molecule has 0 saturated carbocycles. The van der Waals surface area contributed by atoms with Crippen molar-refractivity contribution in [2.45, 2.75) is 31.2 Å². The van der Waals surface area contributed by atoms with Crippen molar-refractivity contribution in [3.05, 3.63) is 41.5 Å². The molecule has 0 aliphatic carbocycles. The van der Waals surface area contributed by atoms with Gasteiger partial charge in [0.25, 0.3) is 5.89 Å². The van der Waals surface area contributed by atoms with E-state index in [0.29, 0.717) is 17.6 Å². The topological polar surface area (TPSA) is 102 Å². The Bertz CT molecular complexity index is 824. The third kappa shape index (κ3) is 4.97. The summed E-state index contributed by atoms with van der Waals surface area (Å²) in [7, 11) is -0.422. The van der Waals surface area contributed by atoms with Crippen LogP contribution in [0.2, 0.25) is 0 Å². The fourth-order valence-electron chi connectivity index (χ4n) is 2.21. The van der Waals surface area contributed by atoms with E-state index in [-0.39, 0.29) is 10.9 Å². The molecule has 0 aliphatic rings. The van der Waals surface area contributed by atoms with Gasteiger partial charge in [0.1, 0.15) is 0 Å². The molecule has 1 unspecified atom stereocenters. The molecule has 0 saturated heterocycles. The highest BCUT2D eigenvalue weighted by Crippen LogP contribution is 2.18. The lowest BCUT2D eigenvalue weighted by molar-refractivity contribution is 0.390. The van der Waals surface area contributed by atoms with Crippen LogP contribution in [0.1, 0.15) is 43.6 Å². The van der Waals surface area contributed by atoms with Gasteiger partial charge in [-0.25, -0.2) is 12.7 Å². The maximum atomic E-state index is 12.0. The van der Waals surface area contributed by atoms with Gasteiger partial charge in [0.2, 0.25) is 10.0 Å². The van der Waals surface area contributed by atoms with Crippen LogP contribution in [0.4, 0.5) is 0 Å². The van der Waals surface area contributed by atoms with E-state index >= 15 is 0 Å². The largest absolute Gasteiger partial charge is 0.335 e. The van der Waals surface area contributed by atoms with E-state index in [1.165, 1.54) is 18.4 Å². The zero-order valence-electron chi connectivity index (χ0n) is 14.9. The normalized spacial score (nSPS) is 13.9. The Hall–Kier alpha value is -2.03. The molecule has 2 rings (SSSR count). The number of nitrogens with zero attached hydrogens (tertiary/aromatic N) is 3. The van der Waals surface area contributed by atoms with E-state index < -0.39 is 10.0 Å². The Labute approximate surface area is 148 Å². The first kappa shape index (κ1) is 19.3. The lowest BCUT2D eigenvalue weighted by atomic mass is 10.0. The Kier molecular flexibility index (Phi) is 6.10. The monoisotopic (exact) mass is 364 g/mol. The molecule has 2 aromatic rings. The highest BCUT2D eigenvalue weighted by Gasteiger charge is 2.16. The van der Waals surface area contributed by atoms with Gasteiger partial charge in [-0.3, -0.25) is 0 Å². The molecule has 0 aliphatic heterocycles. The molecule has 1 heterocycles. The molecule has 0 radical (unpaired) electrons. The number of hydrogen-bond donors (Lipinski definition) is 1. The average Bonchev–Trinajstić information content (AvgIpc) is 3.01. The van der Waals surface area contributed by atoms with Crippen LogP contribution < -0.4 is 5.73 Å². The average molecular weight is 364 g/mol. The number of rotatable bonds is 7. The number of benzene rings is 1. The van der Waals surface area contributed by atoms with Gasteiger partial charge < -0.3 is 10.3 Å². The lowest BCUT2D eigenvalue weighted by Crippen LogP contribution is -2.22. The van der Waals surface area contributed by atoms with Crippen molar-refractivity contribution in [2.75, 3.05) is 14.1 Å². The van der Waals surface area contributed by atoms with Gasteiger partial charge in [0.15, 0.2) is 5.82 Å². The fourth-order valence-corrected chi connectivity index (χ4v) is 3.11. The summed E-state index contributed by atoms with van der Waals surface area (Å²) in [6.45, 7) is 4.17. The number of nitrogens with two attached hydrogens (primary N) is 1. The summed E-state index contributed by atoms with van der Waals surface area (Å²) in [6, 6.07) is 6.31. The van der Waals surface area contributed by atoms with E-state index in [4.69, 9.17) is 10.3 Å². The summed E-state index contributed by atoms with van der Waals surface area (Å²) < 4.78 is 30.4. The molecular weight excluding hydrogens is 340 g/mol. The Morgan fingerprint density at radius 1 is 1.20 bits per heavy atom. The minimum absolute atomic E-state index is 0.245. The van der Waals surface area contributed by atoms with E-state index in [1.54, 1.807) is 36.4 Å². The minimum atomic E-state index is -3.42. The van der Waals surface area contributed by atoms with Crippen LogP contribution >= 0.6 is 0 Å². The predicted octanol–water partition coefficient (Wildman–Crippen LogP) is 2.54. The summed E-state index contributed by atoms with van der Waals surface area (Å²) >= 11 is 0. The molecule has 2 N–H and O–H groups in total. The Morgan fingerprint density at radius 3 is 2.40 bits per heavy atom. The molecule has 7 nitrogen and oxygen atoms in total. The van der Waals surface area contributed by atoms with Crippen LogP contribution in [0.25, 0.3) is 12.2 Å². The molecule has 1 aromatic heterocycles. The second kappa shape index (κ2) is 7.90. The second-order valence-electron chi connectivity index (χ2n) is 6.42. The maximum Gasteiger partial charge on any atom is 0.250 e. The molecule has 1 atom stereocenters. The standard InChI is InChI=1S/C17H24N4O3S/c1-12(2)11-15(18)17-19-16(24-20-17)10-7-13-5-8-14(9-6-13)25(22,23)21(3)4/h5-10,12,15H,11,18H2,1-4H3/b10-7+. The second-order valence-corrected chi connectivity index (χ2v) is 8.57. The Morgan fingerprint density at radius 2 is 1.84 bits per heavy atom. The van der Waals surface area contributed by atoms with Crippen LogP contribution in [0.3, 0.4) is 0 Å². The van der Waals surface area contributed by atoms with Crippen LogP contribution in [-0.2, 0) is 10.0 Å². The summed E-state index contributed by atoms with van der Waals surface area (Å²) in [5, 5.41) is 3.90. The molecule has 0 amide bonds. The van der Waals surface area contributed by atoms with Gasteiger partial charge in [-0.15, -0.1) is 0 Å². The van der Waals surface area contributed by atoms with Crippen LogP contribution in [-0.4, -0.2) is 37.0 Å². The summed E-state index contributed by atoms with van der Waals surface area (Å²) in [5.41, 5.74) is 6.85. The molecule has 136 valence electrons. The molecular formula is C17H24N4O3S. The number of hydrogen-bond acceptors (Lipinski definition) is 6. The quantitative estimate of drug-likeness (QED) is 0.810. The molecule has 0 fully saturated rings. The van der Waals surface area contributed by atoms with Crippen molar-refractivity contribution >= 4 is 22.2 Å². The minimum Gasteiger partial charge on any atom is -0.335 e. The third-order valence-corrected chi connectivity index (χ3v) is 5.42. The first-order valence-electron chi connectivity index (χ1n) is 8.00. The predicted molar refractivity (Wildman–Crippen MR) is 96.9 cm³/mol. The maximum absolute atomic E-state index is 12.0. The number of sulfonamides is 1. The number of aromatic nitrogens is 2. The van der Waals surface area contributed by atoms with Gasteiger partial charge >= 0.3 is 0 Å². The van der Waals surface area contributed by atoms with Crippen LogP contribution in [0.5, 0.6) is 0 Å². The van der Waals surface area contributed by atoms with Crippen molar-refractivity contribution in [1.82, 2.24) is 14.4 Å². The molecule has 1 aromatic carbocycles. The van der Waals surface area contributed by atoms with E-state index in [2.05, 4.69) is 24.0 Å². The summed E-state index contributed by atoms with van der Waals surface area (Å²) in [5.74, 6) is 1.30. The summed E-state index contributed by atoms with van der Waals surface area (Å²) in [6.07, 6.45) is 4.23. The van der Waals surface area contributed by atoms with Crippen LogP contribution in [0, 0.1) is 5.92 Å². The third-order valence-electron chi connectivity index (χ3n) is 3.59. The van der Waals surface area contributed by atoms with Crippen molar-refractivity contribution in [2.24, 2.45) is 11.7 Å². The molecule has 0 spiro atoms. The lowest BCUT2D eigenvalue weighted by Gasteiger charge is -2.10. The van der Waals surface area contributed by atoms with Crippen molar-refractivity contribution in [3.8, 4) is 0 Å². The Balaban J connectivity index is 2.09. The van der Waals surface area contributed by atoms with E-state index in [9.17, 15) is 8.42 Å². The van der Waals surface area contributed by atoms with Gasteiger partial charge in [-0.1, -0.05) is 31.1 Å². The molecule has 0 bridgehead atoms. The molecule has 8 heteroatoms. The summed E-state index contributed by atoms with van der Waals surface area (Å²) in [4.78, 5) is 4.51. The van der Waals surface area contributed by atoms with E-state index in [0.717, 1.165) is 12.0 Å². The molecule has 25 heavy (non-hydrogen) atoms. The highest BCUT2D eigenvalue weighted by molar-refractivity contribution is 7.89. The first-order valence-corrected chi connectivity index (χ1v) is 9.44. The fraction of sp³-hybridized carbons (Fsp3) is 0.412. The van der Waals surface area contributed by atoms with Gasteiger partial charge in [0, 0.05) is 20.2 Å². The SMILES string of the molecule is CC(C)CC(N)c1noc(/C=C/c2ccc(S(=O)(=O)N(C)C)cc2)n1.